The van der Waals surface area contributed by atoms with Gasteiger partial charge in [0.15, 0.2) is 0 Å². The van der Waals surface area contributed by atoms with Crippen molar-refractivity contribution in [2.45, 2.75) is 44.6 Å². The molecule has 4 nitrogen and oxygen atoms in total. The molecule has 0 spiro atoms. The van der Waals surface area contributed by atoms with Crippen molar-refractivity contribution in [1.82, 2.24) is 4.31 Å². The number of hydrogen-bond acceptors (Lipinski definition) is 3. The molecular formula is C14H24N2O2S. The van der Waals surface area contributed by atoms with Gasteiger partial charge in [-0.2, -0.15) is 4.31 Å². The van der Waals surface area contributed by atoms with E-state index in [1.165, 1.54) is 4.31 Å². The van der Waals surface area contributed by atoms with Gasteiger partial charge in [-0.05, 0) is 50.5 Å². The van der Waals surface area contributed by atoms with Gasteiger partial charge in [0.05, 0.1) is 4.90 Å². The molecule has 1 atom stereocenters. The Kier molecular flexibility index (Phi) is 4.76. The van der Waals surface area contributed by atoms with Crippen LogP contribution < -0.4 is 5.73 Å². The number of rotatable bonds is 5. The molecule has 0 aliphatic carbocycles. The Morgan fingerprint density at radius 1 is 1.26 bits per heavy atom. The van der Waals surface area contributed by atoms with Crippen molar-refractivity contribution in [2.24, 2.45) is 5.73 Å². The van der Waals surface area contributed by atoms with Crippen molar-refractivity contribution in [3.05, 3.63) is 29.3 Å². The molecule has 1 unspecified atom stereocenters. The molecule has 2 N–H and O–H groups in total. The lowest BCUT2D eigenvalue weighted by atomic mass is 10.00. The molecule has 0 bridgehead atoms. The number of aryl methyl sites for hydroxylation is 2. The Bertz CT molecular complexity index is 549. The van der Waals surface area contributed by atoms with Crippen molar-refractivity contribution < 1.29 is 8.42 Å². The Labute approximate surface area is 116 Å². The van der Waals surface area contributed by atoms with Crippen LogP contribution in [0.4, 0.5) is 0 Å². The SMILES string of the molecule is CCC(C)(CN)N(C)S(=O)(=O)c1ccc(C)c(C)c1. The number of nitrogens with zero attached hydrogens (tertiary/aromatic N) is 1. The van der Waals surface area contributed by atoms with Crippen LogP contribution in [0.25, 0.3) is 0 Å². The largest absolute Gasteiger partial charge is 0.329 e. The zero-order valence-corrected chi connectivity index (χ0v) is 13.2. The lowest BCUT2D eigenvalue weighted by Crippen LogP contribution is -2.51. The molecule has 0 heterocycles. The highest BCUT2D eigenvalue weighted by Gasteiger charge is 2.35. The predicted octanol–water partition coefficient (Wildman–Crippen LogP) is 2.05. The smallest absolute Gasteiger partial charge is 0.243 e. The van der Waals surface area contributed by atoms with Crippen LogP contribution in [0.5, 0.6) is 0 Å². The van der Waals surface area contributed by atoms with Crippen molar-refractivity contribution in [2.75, 3.05) is 13.6 Å². The first-order valence-electron chi connectivity index (χ1n) is 6.45. The third-order valence-corrected chi connectivity index (χ3v) is 6.11. The van der Waals surface area contributed by atoms with Crippen molar-refractivity contribution in [3.8, 4) is 0 Å². The second-order valence-corrected chi connectivity index (χ2v) is 7.24. The number of benzene rings is 1. The molecule has 0 saturated carbocycles. The first-order chi connectivity index (χ1) is 8.69. The van der Waals surface area contributed by atoms with Crippen LogP contribution in [0.15, 0.2) is 23.1 Å². The predicted molar refractivity (Wildman–Crippen MR) is 78.6 cm³/mol. The molecule has 108 valence electrons. The van der Waals surface area contributed by atoms with Crippen LogP contribution in [0.2, 0.25) is 0 Å². The molecule has 0 aromatic heterocycles. The van der Waals surface area contributed by atoms with E-state index in [0.717, 1.165) is 11.1 Å². The summed E-state index contributed by atoms with van der Waals surface area (Å²) in [7, 11) is -1.91. The lowest BCUT2D eigenvalue weighted by Gasteiger charge is -2.36. The van der Waals surface area contributed by atoms with Gasteiger partial charge in [-0.15, -0.1) is 0 Å². The zero-order chi connectivity index (χ0) is 14.8. The summed E-state index contributed by atoms with van der Waals surface area (Å²) < 4.78 is 26.7. The fourth-order valence-electron chi connectivity index (χ4n) is 1.82. The van der Waals surface area contributed by atoms with Gasteiger partial charge in [0.2, 0.25) is 10.0 Å². The van der Waals surface area contributed by atoms with Gasteiger partial charge in [-0.1, -0.05) is 13.0 Å². The van der Waals surface area contributed by atoms with Gasteiger partial charge >= 0.3 is 0 Å². The number of nitrogens with two attached hydrogens (primary N) is 1. The van der Waals surface area contributed by atoms with E-state index in [1.54, 1.807) is 19.2 Å². The van der Waals surface area contributed by atoms with E-state index in [0.29, 0.717) is 17.9 Å². The van der Waals surface area contributed by atoms with Crippen molar-refractivity contribution >= 4 is 10.0 Å². The van der Waals surface area contributed by atoms with Gasteiger partial charge in [0.1, 0.15) is 0 Å². The monoisotopic (exact) mass is 284 g/mol. The summed E-state index contributed by atoms with van der Waals surface area (Å²) in [6, 6.07) is 5.20. The molecule has 19 heavy (non-hydrogen) atoms. The molecule has 1 aromatic rings. The Balaban J connectivity index is 3.27. The first-order valence-corrected chi connectivity index (χ1v) is 7.89. The van der Waals surface area contributed by atoms with Crippen LogP contribution in [0, 0.1) is 13.8 Å². The molecule has 0 amide bonds. The quantitative estimate of drug-likeness (QED) is 0.900. The van der Waals surface area contributed by atoms with E-state index < -0.39 is 15.6 Å². The highest BCUT2D eigenvalue weighted by atomic mass is 32.2. The van der Waals surface area contributed by atoms with Crippen LogP contribution in [0.3, 0.4) is 0 Å². The lowest BCUT2D eigenvalue weighted by molar-refractivity contribution is 0.240. The van der Waals surface area contributed by atoms with Gasteiger partial charge in [0, 0.05) is 19.1 Å². The zero-order valence-electron chi connectivity index (χ0n) is 12.4. The maximum absolute atomic E-state index is 12.6. The second kappa shape index (κ2) is 5.61. The second-order valence-electron chi connectivity index (χ2n) is 5.27. The summed E-state index contributed by atoms with van der Waals surface area (Å²) in [6.45, 7) is 7.98. The molecular weight excluding hydrogens is 260 g/mol. The summed E-state index contributed by atoms with van der Waals surface area (Å²) in [5, 5.41) is 0. The molecule has 0 aliphatic rings. The number of sulfonamides is 1. The Morgan fingerprint density at radius 3 is 2.26 bits per heavy atom. The van der Waals surface area contributed by atoms with E-state index in [-0.39, 0.29) is 0 Å². The van der Waals surface area contributed by atoms with Crippen LogP contribution >= 0.6 is 0 Å². The molecule has 0 aliphatic heterocycles. The first kappa shape index (κ1) is 16.1. The third-order valence-electron chi connectivity index (χ3n) is 4.10. The molecule has 0 radical (unpaired) electrons. The fourth-order valence-corrected chi connectivity index (χ4v) is 3.48. The van der Waals surface area contributed by atoms with Gasteiger partial charge in [-0.25, -0.2) is 8.42 Å². The summed E-state index contributed by atoms with van der Waals surface area (Å²) in [6.07, 6.45) is 0.671. The summed E-state index contributed by atoms with van der Waals surface area (Å²) in [5.74, 6) is 0. The average molecular weight is 284 g/mol. The molecule has 0 fully saturated rings. The third kappa shape index (κ3) is 2.99. The van der Waals surface area contributed by atoms with E-state index in [4.69, 9.17) is 5.73 Å². The Morgan fingerprint density at radius 2 is 1.84 bits per heavy atom. The number of likely N-dealkylation sites (N-methyl/N-ethyl adjacent to an activating group) is 1. The van der Waals surface area contributed by atoms with E-state index >= 15 is 0 Å². The Hall–Kier alpha value is -0.910. The van der Waals surface area contributed by atoms with Gasteiger partial charge < -0.3 is 5.73 Å². The fraction of sp³-hybridized carbons (Fsp3) is 0.571. The van der Waals surface area contributed by atoms with Crippen LogP contribution in [-0.2, 0) is 10.0 Å². The minimum Gasteiger partial charge on any atom is -0.329 e. The summed E-state index contributed by atoms with van der Waals surface area (Å²) in [5.41, 5.74) is 7.24. The highest BCUT2D eigenvalue weighted by Crippen LogP contribution is 2.26. The molecule has 5 heteroatoms. The topological polar surface area (TPSA) is 63.4 Å². The minimum absolute atomic E-state index is 0.296. The normalized spacial score (nSPS) is 15.5. The summed E-state index contributed by atoms with van der Waals surface area (Å²) in [4.78, 5) is 0.325. The van der Waals surface area contributed by atoms with Gasteiger partial charge in [-0.3, -0.25) is 0 Å². The maximum atomic E-state index is 12.6. The minimum atomic E-state index is -3.51. The van der Waals surface area contributed by atoms with Crippen LogP contribution in [0.1, 0.15) is 31.4 Å². The van der Waals surface area contributed by atoms with E-state index in [9.17, 15) is 8.42 Å². The van der Waals surface area contributed by atoms with Crippen molar-refractivity contribution in [3.63, 3.8) is 0 Å². The van der Waals surface area contributed by atoms with Gasteiger partial charge in [0.25, 0.3) is 0 Å². The maximum Gasteiger partial charge on any atom is 0.243 e. The van der Waals surface area contributed by atoms with E-state index in [1.807, 2.05) is 33.8 Å². The summed E-state index contributed by atoms with van der Waals surface area (Å²) >= 11 is 0. The highest BCUT2D eigenvalue weighted by molar-refractivity contribution is 7.89. The van der Waals surface area contributed by atoms with E-state index in [2.05, 4.69) is 0 Å². The average Bonchev–Trinajstić information content (AvgIpc) is 2.39. The molecule has 1 aromatic carbocycles. The number of hydrogen-bond donors (Lipinski definition) is 1. The standard InChI is InChI=1S/C14H24N2O2S/c1-6-14(4,10-15)16(5)19(17,18)13-8-7-11(2)12(3)9-13/h7-9H,6,10,15H2,1-5H3. The molecule has 1 rings (SSSR count). The molecule has 0 saturated heterocycles. The van der Waals surface area contributed by atoms with Crippen molar-refractivity contribution in [1.29, 1.82) is 0 Å². The van der Waals surface area contributed by atoms with Crippen LogP contribution in [-0.4, -0.2) is 31.9 Å².